The summed E-state index contributed by atoms with van der Waals surface area (Å²) in [5.41, 5.74) is 8.23. The average Bonchev–Trinajstić information content (AvgIpc) is 2.85. The van der Waals surface area contributed by atoms with E-state index in [4.69, 9.17) is 10.5 Å². The first-order chi connectivity index (χ1) is 10.9. The molecule has 0 fully saturated rings. The van der Waals surface area contributed by atoms with Gasteiger partial charge in [-0.3, -0.25) is 0 Å². The SMILES string of the molecule is COCc1cn(-c2ccc(C(F)(F)F)cc2)c2ccc(N)cc12. The summed E-state index contributed by atoms with van der Waals surface area (Å²) in [4.78, 5) is 0. The first-order valence-corrected chi connectivity index (χ1v) is 6.96. The number of fused-ring (bicyclic) bond motifs is 1. The van der Waals surface area contributed by atoms with Crippen molar-refractivity contribution in [1.82, 2.24) is 4.57 Å². The molecule has 0 saturated carbocycles. The molecule has 0 radical (unpaired) electrons. The predicted octanol–water partition coefficient (Wildman–Crippen LogP) is 4.38. The molecule has 3 rings (SSSR count). The molecule has 0 aliphatic carbocycles. The van der Waals surface area contributed by atoms with Crippen LogP contribution < -0.4 is 5.73 Å². The molecule has 0 aliphatic heterocycles. The lowest BCUT2D eigenvalue weighted by Crippen LogP contribution is -2.04. The maximum absolute atomic E-state index is 12.7. The highest BCUT2D eigenvalue weighted by Crippen LogP contribution is 2.31. The summed E-state index contributed by atoms with van der Waals surface area (Å²) in [7, 11) is 1.59. The Morgan fingerprint density at radius 2 is 1.78 bits per heavy atom. The molecular formula is C17H15F3N2O. The van der Waals surface area contributed by atoms with Gasteiger partial charge in [0.15, 0.2) is 0 Å². The standard InChI is InChI=1S/C17H15F3N2O/c1-23-10-11-9-22(16-7-4-13(21)8-15(11)16)14-5-2-12(3-6-14)17(18,19)20/h2-9H,10,21H2,1H3. The smallest absolute Gasteiger partial charge is 0.399 e. The fourth-order valence-corrected chi connectivity index (χ4v) is 2.61. The molecule has 3 nitrogen and oxygen atoms in total. The molecule has 2 N–H and O–H groups in total. The normalized spacial score (nSPS) is 12.0. The van der Waals surface area contributed by atoms with E-state index in [1.165, 1.54) is 12.1 Å². The summed E-state index contributed by atoms with van der Waals surface area (Å²) >= 11 is 0. The van der Waals surface area contributed by atoms with Gasteiger partial charge in [-0.25, -0.2) is 0 Å². The van der Waals surface area contributed by atoms with E-state index >= 15 is 0 Å². The van der Waals surface area contributed by atoms with E-state index in [-0.39, 0.29) is 0 Å². The number of hydrogen-bond donors (Lipinski definition) is 1. The van der Waals surface area contributed by atoms with Gasteiger partial charge in [-0.05, 0) is 42.5 Å². The lowest BCUT2D eigenvalue weighted by molar-refractivity contribution is -0.137. The molecule has 120 valence electrons. The summed E-state index contributed by atoms with van der Waals surface area (Å²) in [6, 6.07) is 10.5. The second-order valence-electron chi connectivity index (χ2n) is 5.28. The average molecular weight is 320 g/mol. The number of rotatable bonds is 3. The lowest BCUT2D eigenvalue weighted by atomic mass is 10.1. The third-order valence-electron chi connectivity index (χ3n) is 3.68. The van der Waals surface area contributed by atoms with Crippen molar-refractivity contribution in [2.45, 2.75) is 12.8 Å². The summed E-state index contributed by atoms with van der Waals surface area (Å²) in [5, 5.41) is 0.923. The van der Waals surface area contributed by atoms with Crippen LogP contribution in [0, 0.1) is 0 Å². The molecule has 0 atom stereocenters. The molecule has 6 heteroatoms. The van der Waals surface area contributed by atoms with Gasteiger partial charge in [-0.2, -0.15) is 13.2 Å². The van der Waals surface area contributed by atoms with Crippen molar-refractivity contribution in [3.63, 3.8) is 0 Å². The van der Waals surface area contributed by atoms with Crippen LogP contribution in [0.2, 0.25) is 0 Å². The zero-order chi connectivity index (χ0) is 16.6. The fraction of sp³-hybridized carbons (Fsp3) is 0.176. The Balaban J connectivity index is 2.12. The Morgan fingerprint density at radius 3 is 2.39 bits per heavy atom. The van der Waals surface area contributed by atoms with Gasteiger partial charge in [-0.1, -0.05) is 0 Å². The molecule has 0 unspecified atom stereocenters. The number of benzene rings is 2. The zero-order valence-corrected chi connectivity index (χ0v) is 12.4. The topological polar surface area (TPSA) is 40.2 Å². The summed E-state index contributed by atoms with van der Waals surface area (Å²) in [6.07, 6.45) is -2.48. The number of aromatic nitrogens is 1. The Labute approximate surface area is 131 Å². The zero-order valence-electron chi connectivity index (χ0n) is 12.4. The first-order valence-electron chi connectivity index (χ1n) is 6.96. The van der Waals surface area contributed by atoms with Crippen LogP contribution in [0.3, 0.4) is 0 Å². The number of anilines is 1. The second-order valence-corrected chi connectivity index (χ2v) is 5.28. The molecule has 0 amide bonds. The lowest BCUT2D eigenvalue weighted by Gasteiger charge is -2.09. The van der Waals surface area contributed by atoms with Crippen LogP contribution in [0.5, 0.6) is 0 Å². The molecule has 0 saturated heterocycles. The summed E-state index contributed by atoms with van der Waals surface area (Å²) in [5.74, 6) is 0. The van der Waals surface area contributed by atoms with E-state index in [1.807, 2.05) is 22.9 Å². The summed E-state index contributed by atoms with van der Waals surface area (Å²) < 4.78 is 45.1. The van der Waals surface area contributed by atoms with E-state index in [9.17, 15) is 13.2 Å². The molecule has 1 heterocycles. The van der Waals surface area contributed by atoms with E-state index in [1.54, 1.807) is 13.2 Å². The maximum Gasteiger partial charge on any atom is 0.416 e. The van der Waals surface area contributed by atoms with Crippen LogP contribution >= 0.6 is 0 Å². The van der Waals surface area contributed by atoms with E-state index in [2.05, 4.69) is 0 Å². The number of nitrogens with two attached hydrogens (primary N) is 1. The van der Waals surface area contributed by atoms with Gasteiger partial charge >= 0.3 is 6.18 Å². The Bertz CT molecular complexity index is 835. The van der Waals surface area contributed by atoms with Gasteiger partial charge in [-0.15, -0.1) is 0 Å². The fourth-order valence-electron chi connectivity index (χ4n) is 2.61. The molecule has 0 bridgehead atoms. The van der Waals surface area contributed by atoms with Crippen LogP contribution in [0.1, 0.15) is 11.1 Å². The van der Waals surface area contributed by atoms with Crippen LogP contribution in [0.25, 0.3) is 16.6 Å². The van der Waals surface area contributed by atoms with E-state index < -0.39 is 11.7 Å². The third-order valence-corrected chi connectivity index (χ3v) is 3.68. The van der Waals surface area contributed by atoms with Crippen molar-refractivity contribution < 1.29 is 17.9 Å². The molecule has 23 heavy (non-hydrogen) atoms. The van der Waals surface area contributed by atoms with E-state index in [0.717, 1.165) is 28.6 Å². The maximum atomic E-state index is 12.7. The number of methoxy groups -OCH3 is 1. The van der Waals surface area contributed by atoms with Gasteiger partial charge in [0.05, 0.1) is 17.7 Å². The van der Waals surface area contributed by atoms with Crippen LogP contribution in [-0.4, -0.2) is 11.7 Å². The number of nitrogen functional groups attached to an aromatic ring is 1. The molecular weight excluding hydrogens is 305 g/mol. The van der Waals surface area contributed by atoms with Gasteiger partial charge in [0, 0.05) is 35.6 Å². The third kappa shape index (κ3) is 2.90. The molecule has 1 aromatic heterocycles. The van der Waals surface area contributed by atoms with Gasteiger partial charge in [0.25, 0.3) is 0 Å². The van der Waals surface area contributed by atoms with Crippen molar-refractivity contribution in [2.24, 2.45) is 0 Å². The molecule has 3 aromatic rings. The van der Waals surface area contributed by atoms with Crippen molar-refractivity contribution in [3.8, 4) is 5.69 Å². The van der Waals surface area contributed by atoms with Crippen molar-refractivity contribution in [1.29, 1.82) is 0 Å². The Kier molecular flexibility index (Phi) is 3.77. The highest BCUT2D eigenvalue weighted by Gasteiger charge is 2.30. The first kappa shape index (κ1) is 15.4. The minimum Gasteiger partial charge on any atom is -0.399 e. The minimum atomic E-state index is -4.34. The van der Waals surface area contributed by atoms with Crippen molar-refractivity contribution in [2.75, 3.05) is 12.8 Å². The predicted molar refractivity (Wildman–Crippen MR) is 83.4 cm³/mol. The van der Waals surface area contributed by atoms with Crippen LogP contribution in [-0.2, 0) is 17.5 Å². The highest BCUT2D eigenvalue weighted by atomic mass is 19.4. The largest absolute Gasteiger partial charge is 0.416 e. The second kappa shape index (κ2) is 5.62. The Morgan fingerprint density at radius 1 is 1.09 bits per heavy atom. The number of ether oxygens (including phenoxy) is 1. The monoisotopic (exact) mass is 320 g/mol. The number of alkyl halides is 3. The van der Waals surface area contributed by atoms with Crippen LogP contribution in [0.15, 0.2) is 48.7 Å². The van der Waals surface area contributed by atoms with Gasteiger partial charge in [0.1, 0.15) is 0 Å². The number of hydrogen-bond acceptors (Lipinski definition) is 2. The number of halogens is 3. The molecule has 0 spiro atoms. The quantitative estimate of drug-likeness (QED) is 0.728. The minimum absolute atomic E-state index is 0.396. The molecule has 0 aliphatic rings. The van der Waals surface area contributed by atoms with Gasteiger partial charge < -0.3 is 15.0 Å². The van der Waals surface area contributed by atoms with Crippen LogP contribution in [0.4, 0.5) is 18.9 Å². The van der Waals surface area contributed by atoms with Crippen molar-refractivity contribution >= 4 is 16.6 Å². The highest BCUT2D eigenvalue weighted by molar-refractivity contribution is 5.88. The summed E-state index contributed by atoms with van der Waals surface area (Å²) in [6.45, 7) is 0.396. The van der Waals surface area contributed by atoms with Crippen molar-refractivity contribution in [3.05, 3.63) is 59.8 Å². The number of nitrogens with zero attached hydrogens (tertiary/aromatic N) is 1. The van der Waals surface area contributed by atoms with E-state index in [0.29, 0.717) is 18.0 Å². The Hall–Kier alpha value is -2.47. The van der Waals surface area contributed by atoms with Gasteiger partial charge in [0.2, 0.25) is 0 Å². The molecule has 2 aromatic carbocycles.